The van der Waals surface area contributed by atoms with Crippen LogP contribution < -0.4 is 11.1 Å². The Balaban J connectivity index is 1.85. The molecule has 0 aromatic carbocycles. The number of rotatable bonds is 1. The first-order valence-corrected chi connectivity index (χ1v) is 5.83. The number of nitrogens with one attached hydrogen (secondary N) is 1. The molecule has 15 heavy (non-hydrogen) atoms. The summed E-state index contributed by atoms with van der Waals surface area (Å²) in [6, 6.07) is 0.569. The minimum absolute atomic E-state index is 0.0510. The van der Waals surface area contributed by atoms with Crippen LogP contribution in [-0.4, -0.2) is 36.1 Å². The Bertz CT molecular complexity index is 259. The fraction of sp³-hybridized carbons (Fsp3) is 0.909. The number of hydrogen-bond acceptors (Lipinski definition) is 2. The molecule has 1 heterocycles. The van der Waals surface area contributed by atoms with Crippen LogP contribution in [0.1, 0.15) is 33.1 Å². The van der Waals surface area contributed by atoms with Gasteiger partial charge in [-0.3, -0.25) is 0 Å². The van der Waals surface area contributed by atoms with Crippen molar-refractivity contribution in [3.63, 3.8) is 0 Å². The van der Waals surface area contributed by atoms with Crippen LogP contribution in [0.3, 0.4) is 0 Å². The molecule has 2 aliphatic rings. The Kier molecular flexibility index (Phi) is 2.63. The van der Waals surface area contributed by atoms with Crippen molar-refractivity contribution in [1.82, 2.24) is 10.2 Å². The molecule has 86 valence electrons. The summed E-state index contributed by atoms with van der Waals surface area (Å²) in [5.41, 5.74) is 5.96. The molecule has 0 aromatic heterocycles. The third-order valence-electron chi connectivity index (χ3n) is 4.03. The van der Waals surface area contributed by atoms with E-state index in [1.165, 1.54) is 0 Å². The molecule has 0 radical (unpaired) electrons. The number of amides is 2. The molecule has 0 bridgehead atoms. The van der Waals surface area contributed by atoms with Crippen molar-refractivity contribution in [1.29, 1.82) is 0 Å². The molecule has 2 atom stereocenters. The van der Waals surface area contributed by atoms with Crippen LogP contribution >= 0.6 is 0 Å². The summed E-state index contributed by atoms with van der Waals surface area (Å²) in [6.07, 6.45) is 3.19. The monoisotopic (exact) mass is 211 g/mol. The van der Waals surface area contributed by atoms with Gasteiger partial charge in [-0.15, -0.1) is 0 Å². The smallest absolute Gasteiger partial charge is 0.317 e. The fourth-order valence-electron chi connectivity index (χ4n) is 2.36. The van der Waals surface area contributed by atoms with E-state index in [1.54, 1.807) is 0 Å². The van der Waals surface area contributed by atoms with Gasteiger partial charge >= 0.3 is 6.03 Å². The maximum absolute atomic E-state index is 11.8. The zero-order valence-corrected chi connectivity index (χ0v) is 9.62. The van der Waals surface area contributed by atoms with Crippen molar-refractivity contribution in [3.8, 4) is 0 Å². The molecule has 4 nitrogen and oxygen atoms in total. The van der Waals surface area contributed by atoms with E-state index in [-0.39, 0.29) is 23.5 Å². The second-order valence-corrected chi connectivity index (χ2v) is 5.36. The molecule has 1 saturated carbocycles. The molecular formula is C11H21N3O. The highest BCUT2D eigenvalue weighted by Gasteiger charge is 2.47. The minimum Gasteiger partial charge on any atom is -0.335 e. The Labute approximate surface area is 91.2 Å². The molecule has 3 N–H and O–H groups in total. The highest BCUT2D eigenvalue weighted by Crippen LogP contribution is 2.39. The second kappa shape index (κ2) is 3.67. The predicted molar refractivity (Wildman–Crippen MR) is 59.5 cm³/mol. The Morgan fingerprint density at radius 3 is 2.47 bits per heavy atom. The lowest BCUT2D eigenvalue weighted by Crippen LogP contribution is -2.65. The normalized spacial score (nSPS) is 33.7. The van der Waals surface area contributed by atoms with Crippen molar-refractivity contribution >= 4 is 6.03 Å². The Hall–Kier alpha value is -0.770. The Morgan fingerprint density at radius 1 is 1.40 bits per heavy atom. The lowest BCUT2D eigenvalue weighted by Gasteiger charge is -2.50. The molecule has 4 heteroatoms. The van der Waals surface area contributed by atoms with Gasteiger partial charge < -0.3 is 16.0 Å². The molecule has 0 spiro atoms. The van der Waals surface area contributed by atoms with E-state index in [0.29, 0.717) is 0 Å². The lowest BCUT2D eigenvalue weighted by atomic mass is 9.63. The van der Waals surface area contributed by atoms with E-state index >= 15 is 0 Å². The van der Waals surface area contributed by atoms with Gasteiger partial charge in [0.15, 0.2) is 0 Å². The van der Waals surface area contributed by atoms with E-state index in [4.69, 9.17) is 5.73 Å². The molecule has 2 unspecified atom stereocenters. The van der Waals surface area contributed by atoms with Crippen LogP contribution in [0.5, 0.6) is 0 Å². The van der Waals surface area contributed by atoms with Gasteiger partial charge in [0, 0.05) is 30.6 Å². The van der Waals surface area contributed by atoms with E-state index in [0.717, 1.165) is 32.4 Å². The zero-order chi connectivity index (χ0) is 11.1. The molecular weight excluding hydrogens is 190 g/mol. The number of carbonyl (C=O) groups excluding carboxylic acids is 1. The largest absolute Gasteiger partial charge is 0.335 e. The average molecular weight is 211 g/mol. The SMILES string of the molecule is CC1(C)C(N)CC1NC(=O)N1CCCC1. The van der Waals surface area contributed by atoms with Crippen LogP contribution in [-0.2, 0) is 0 Å². The molecule has 2 fully saturated rings. The van der Waals surface area contributed by atoms with Crippen molar-refractivity contribution in [2.75, 3.05) is 13.1 Å². The summed E-state index contributed by atoms with van der Waals surface area (Å²) in [5, 5.41) is 3.09. The first-order chi connectivity index (χ1) is 7.01. The maximum Gasteiger partial charge on any atom is 0.317 e. The van der Waals surface area contributed by atoms with E-state index < -0.39 is 0 Å². The second-order valence-electron chi connectivity index (χ2n) is 5.36. The van der Waals surface area contributed by atoms with Crippen LogP contribution in [0.25, 0.3) is 0 Å². The van der Waals surface area contributed by atoms with Gasteiger partial charge in [-0.25, -0.2) is 4.79 Å². The van der Waals surface area contributed by atoms with Crippen LogP contribution in [0.15, 0.2) is 0 Å². The number of hydrogen-bond donors (Lipinski definition) is 2. The molecule has 2 rings (SSSR count). The third-order valence-corrected chi connectivity index (χ3v) is 4.03. The van der Waals surface area contributed by atoms with Crippen molar-refractivity contribution in [2.45, 2.75) is 45.2 Å². The van der Waals surface area contributed by atoms with Gasteiger partial charge in [0.2, 0.25) is 0 Å². The summed E-state index contributed by atoms with van der Waals surface area (Å²) in [4.78, 5) is 13.7. The van der Waals surface area contributed by atoms with Crippen molar-refractivity contribution < 1.29 is 4.79 Å². The molecule has 2 amide bonds. The number of likely N-dealkylation sites (tertiary alicyclic amines) is 1. The first-order valence-electron chi connectivity index (χ1n) is 5.83. The average Bonchev–Trinajstić information content (AvgIpc) is 2.70. The van der Waals surface area contributed by atoms with E-state index in [9.17, 15) is 4.79 Å². The topological polar surface area (TPSA) is 58.4 Å². The molecule has 0 aromatic rings. The lowest BCUT2D eigenvalue weighted by molar-refractivity contribution is 0.0750. The summed E-state index contributed by atoms with van der Waals surface area (Å²) in [7, 11) is 0. The molecule has 1 aliphatic heterocycles. The highest BCUT2D eigenvalue weighted by atomic mass is 16.2. The van der Waals surface area contributed by atoms with Gasteiger partial charge in [0.1, 0.15) is 0 Å². The number of carbonyl (C=O) groups is 1. The number of nitrogens with two attached hydrogens (primary N) is 1. The van der Waals surface area contributed by atoms with Gasteiger partial charge in [-0.05, 0) is 19.3 Å². The molecule has 1 saturated heterocycles. The zero-order valence-electron chi connectivity index (χ0n) is 9.62. The molecule has 1 aliphatic carbocycles. The predicted octanol–water partition coefficient (Wildman–Crippen LogP) is 0.918. The quantitative estimate of drug-likeness (QED) is 0.677. The van der Waals surface area contributed by atoms with Gasteiger partial charge in [-0.1, -0.05) is 13.8 Å². The summed E-state index contributed by atoms with van der Waals surface area (Å²) < 4.78 is 0. The standard InChI is InChI=1S/C11H21N3O/c1-11(2)8(12)7-9(11)13-10(15)14-5-3-4-6-14/h8-9H,3-7,12H2,1-2H3,(H,13,15). The number of nitrogens with zero attached hydrogens (tertiary/aromatic N) is 1. The Morgan fingerprint density at radius 2 is 2.00 bits per heavy atom. The van der Waals surface area contributed by atoms with Crippen molar-refractivity contribution in [3.05, 3.63) is 0 Å². The summed E-state index contributed by atoms with van der Waals surface area (Å²) in [6.45, 7) is 6.06. The maximum atomic E-state index is 11.8. The van der Waals surface area contributed by atoms with Crippen LogP contribution in [0, 0.1) is 5.41 Å². The van der Waals surface area contributed by atoms with Crippen LogP contribution in [0.4, 0.5) is 4.79 Å². The highest BCUT2D eigenvalue weighted by molar-refractivity contribution is 5.75. The third kappa shape index (κ3) is 1.83. The van der Waals surface area contributed by atoms with Crippen LogP contribution in [0.2, 0.25) is 0 Å². The number of urea groups is 1. The fourth-order valence-corrected chi connectivity index (χ4v) is 2.36. The van der Waals surface area contributed by atoms with Gasteiger partial charge in [-0.2, -0.15) is 0 Å². The van der Waals surface area contributed by atoms with Gasteiger partial charge in [0.05, 0.1) is 0 Å². The van der Waals surface area contributed by atoms with Gasteiger partial charge in [0.25, 0.3) is 0 Å². The first kappa shape index (κ1) is 10.7. The van der Waals surface area contributed by atoms with Crippen molar-refractivity contribution in [2.24, 2.45) is 11.1 Å². The van der Waals surface area contributed by atoms with E-state index in [1.807, 2.05) is 4.90 Å². The summed E-state index contributed by atoms with van der Waals surface area (Å²) in [5.74, 6) is 0. The minimum atomic E-state index is 0.0510. The van der Waals surface area contributed by atoms with E-state index in [2.05, 4.69) is 19.2 Å². The summed E-state index contributed by atoms with van der Waals surface area (Å²) >= 11 is 0.